The molecule has 1 aliphatic rings. The Kier molecular flexibility index (Phi) is 7.15. The molecule has 0 atom stereocenters. The quantitative estimate of drug-likeness (QED) is 0.711. The maximum Gasteiger partial charge on any atom is 0.0806 e. The lowest BCUT2D eigenvalue weighted by molar-refractivity contribution is -0.0832. The molecule has 1 fully saturated rings. The van der Waals surface area contributed by atoms with Crippen molar-refractivity contribution in [1.29, 1.82) is 0 Å². The zero-order valence-corrected chi connectivity index (χ0v) is 15.2. The minimum absolute atomic E-state index is 0.0214. The molecule has 0 aromatic rings. The summed E-state index contributed by atoms with van der Waals surface area (Å²) in [4.78, 5) is 0. The maximum atomic E-state index is 6.44. The molecule has 0 aromatic heterocycles. The summed E-state index contributed by atoms with van der Waals surface area (Å²) in [5, 5.41) is 3.67. The van der Waals surface area contributed by atoms with E-state index in [0.717, 1.165) is 19.6 Å². The smallest absolute Gasteiger partial charge is 0.0806 e. The molecule has 0 radical (unpaired) electrons. The topological polar surface area (TPSA) is 30.5 Å². The largest absolute Gasteiger partial charge is 0.379 e. The molecular weight excluding hydrogens is 262 g/mol. The lowest BCUT2D eigenvalue weighted by Crippen LogP contribution is -2.49. The highest BCUT2D eigenvalue weighted by atomic mass is 16.5. The first-order chi connectivity index (χ1) is 9.68. The Labute approximate surface area is 132 Å². The molecular formula is C18H37NO2. The van der Waals surface area contributed by atoms with Crippen molar-refractivity contribution in [1.82, 2.24) is 5.32 Å². The molecule has 21 heavy (non-hydrogen) atoms. The lowest BCUT2D eigenvalue weighted by atomic mass is 9.92. The lowest BCUT2D eigenvalue weighted by Gasteiger charge is -2.37. The van der Waals surface area contributed by atoms with E-state index in [2.05, 4.69) is 39.9 Å². The van der Waals surface area contributed by atoms with Gasteiger partial charge >= 0.3 is 0 Å². The van der Waals surface area contributed by atoms with Crippen LogP contribution >= 0.6 is 0 Å². The normalized spacial score (nSPS) is 20.3. The Morgan fingerprint density at radius 2 is 1.52 bits per heavy atom. The third-order valence-electron chi connectivity index (χ3n) is 4.62. The van der Waals surface area contributed by atoms with E-state index in [0.29, 0.717) is 0 Å². The molecule has 0 aliphatic heterocycles. The van der Waals surface area contributed by atoms with Crippen LogP contribution in [-0.4, -0.2) is 37.0 Å². The Balaban J connectivity index is 2.59. The van der Waals surface area contributed by atoms with Gasteiger partial charge in [-0.3, -0.25) is 0 Å². The van der Waals surface area contributed by atoms with Gasteiger partial charge in [0.25, 0.3) is 0 Å². The van der Waals surface area contributed by atoms with E-state index in [4.69, 9.17) is 9.47 Å². The van der Waals surface area contributed by atoms with Crippen LogP contribution in [0.5, 0.6) is 0 Å². The van der Waals surface area contributed by atoms with E-state index < -0.39 is 0 Å². The van der Waals surface area contributed by atoms with Gasteiger partial charge in [-0.25, -0.2) is 0 Å². The SMILES string of the molecule is COC(C)(C)CCOC1(CNC(C)(C)C)CCCCCC1. The highest BCUT2D eigenvalue weighted by molar-refractivity contribution is 4.88. The Morgan fingerprint density at radius 3 is 2.00 bits per heavy atom. The summed E-state index contributed by atoms with van der Waals surface area (Å²) >= 11 is 0. The summed E-state index contributed by atoms with van der Waals surface area (Å²) < 4.78 is 11.9. The highest BCUT2D eigenvalue weighted by Crippen LogP contribution is 2.31. The second-order valence-electron chi connectivity index (χ2n) is 8.26. The van der Waals surface area contributed by atoms with Crippen molar-refractivity contribution in [2.75, 3.05) is 20.3 Å². The third kappa shape index (κ3) is 7.62. The van der Waals surface area contributed by atoms with Gasteiger partial charge in [-0.2, -0.15) is 0 Å². The average Bonchev–Trinajstić information content (AvgIpc) is 2.62. The highest BCUT2D eigenvalue weighted by Gasteiger charge is 2.33. The van der Waals surface area contributed by atoms with E-state index in [9.17, 15) is 0 Å². The summed E-state index contributed by atoms with van der Waals surface area (Å²) in [5.74, 6) is 0. The maximum absolute atomic E-state index is 6.44. The number of ether oxygens (including phenoxy) is 2. The summed E-state index contributed by atoms with van der Waals surface area (Å²) in [6, 6.07) is 0. The van der Waals surface area contributed by atoms with E-state index in [-0.39, 0.29) is 16.7 Å². The van der Waals surface area contributed by atoms with Crippen LogP contribution in [-0.2, 0) is 9.47 Å². The van der Waals surface area contributed by atoms with Gasteiger partial charge in [-0.15, -0.1) is 0 Å². The number of methoxy groups -OCH3 is 1. The fourth-order valence-corrected chi connectivity index (χ4v) is 2.79. The van der Waals surface area contributed by atoms with Gasteiger partial charge in [0, 0.05) is 19.2 Å². The first-order valence-corrected chi connectivity index (χ1v) is 8.62. The van der Waals surface area contributed by atoms with Gasteiger partial charge in [0.2, 0.25) is 0 Å². The monoisotopic (exact) mass is 299 g/mol. The molecule has 0 amide bonds. The van der Waals surface area contributed by atoms with Gasteiger partial charge < -0.3 is 14.8 Å². The number of rotatable bonds is 7. The minimum atomic E-state index is -0.0939. The van der Waals surface area contributed by atoms with E-state index in [1.165, 1.54) is 38.5 Å². The fourth-order valence-electron chi connectivity index (χ4n) is 2.79. The second-order valence-corrected chi connectivity index (χ2v) is 8.26. The zero-order valence-electron chi connectivity index (χ0n) is 15.2. The van der Waals surface area contributed by atoms with Crippen LogP contribution in [0.1, 0.15) is 79.6 Å². The first-order valence-electron chi connectivity index (χ1n) is 8.62. The summed E-state index contributed by atoms with van der Waals surface area (Å²) in [7, 11) is 1.78. The van der Waals surface area contributed by atoms with Crippen molar-refractivity contribution in [2.24, 2.45) is 0 Å². The van der Waals surface area contributed by atoms with Gasteiger partial charge in [0.05, 0.1) is 17.8 Å². The van der Waals surface area contributed by atoms with Crippen LogP contribution in [0.3, 0.4) is 0 Å². The van der Waals surface area contributed by atoms with Crippen LogP contribution in [0.4, 0.5) is 0 Å². The van der Waals surface area contributed by atoms with Crippen LogP contribution in [0.25, 0.3) is 0 Å². The van der Waals surface area contributed by atoms with Crippen molar-refractivity contribution < 1.29 is 9.47 Å². The van der Waals surface area contributed by atoms with E-state index in [1.807, 2.05) is 0 Å². The Bertz CT molecular complexity index is 286. The Hall–Kier alpha value is -0.120. The summed E-state index contributed by atoms with van der Waals surface area (Å²) in [6.45, 7) is 12.7. The average molecular weight is 299 g/mol. The molecule has 0 heterocycles. The van der Waals surface area contributed by atoms with E-state index in [1.54, 1.807) is 7.11 Å². The molecule has 1 N–H and O–H groups in total. The van der Waals surface area contributed by atoms with Crippen molar-refractivity contribution in [3.05, 3.63) is 0 Å². The zero-order chi connectivity index (χ0) is 16.0. The van der Waals surface area contributed by atoms with Crippen LogP contribution in [0.2, 0.25) is 0 Å². The molecule has 0 unspecified atom stereocenters. The van der Waals surface area contributed by atoms with Crippen LogP contribution in [0, 0.1) is 0 Å². The van der Waals surface area contributed by atoms with Gasteiger partial charge in [-0.1, -0.05) is 25.7 Å². The molecule has 1 rings (SSSR count). The molecule has 0 saturated heterocycles. The summed E-state index contributed by atoms with van der Waals surface area (Å²) in [5.41, 5.74) is 0.0748. The molecule has 3 heteroatoms. The van der Waals surface area contributed by atoms with Crippen molar-refractivity contribution in [2.45, 2.75) is 96.3 Å². The molecule has 0 aromatic carbocycles. The predicted octanol–water partition coefficient (Wildman–Crippen LogP) is 4.30. The first kappa shape index (κ1) is 18.9. The van der Waals surface area contributed by atoms with Crippen LogP contribution < -0.4 is 5.32 Å². The van der Waals surface area contributed by atoms with E-state index >= 15 is 0 Å². The van der Waals surface area contributed by atoms with Gasteiger partial charge in [0.15, 0.2) is 0 Å². The standard InChI is InChI=1S/C18H37NO2/c1-16(2,3)19-15-18(11-9-7-8-10-12-18)21-14-13-17(4,5)20-6/h19H,7-15H2,1-6H3. The van der Waals surface area contributed by atoms with Crippen LogP contribution in [0.15, 0.2) is 0 Å². The molecule has 126 valence electrons. The second kappa shape index (κ2) is 7.94. The number of nitrogens with one attached hydrogen (secondary N) is 1. The van der Waals surface area contributed by atoms with Gasteiger partial charge in [-0.05, 0) is 53.9 Å². The minimum Gasteiger partial charge on any atom is -0.379 e. The van der Waals surface area contributed by atoms with Gasteiger partial charge in [0.1, 0.15) is 0 Å². The van der Waals surface area contributed by atoms with Crippen molar-refractivity contribution >= 4 is 0 Å². The molecule has 0 spiro atoms. The molecule has 1 saturated carbocycles. The molecule has 1 aliphatic carbocycles. The third-order valence-corrected chi connectivity index (χ3v) is 4.62. The summed E-state index contributed by atoms with van der Waals surface area (Å²) in [6.07, 6.45) is 8.60. The van der Waals surface area contributed by atoms with Crippen molar-refractivity contribution in [3.63, 3.8) is 0 Å². The number of hydrogen-bond donors (Lipinski definition) is 1. The Morgan fingerprint density at radius 1 is 0.952 bits per heavy atom. The predicted molar refractivity (Wildman–Crippen MR) is 89.8 cm³/mol. The van der Waals surface area contributed by atoms with Crippen molar-refractivity contribution in [3.8, 4) is 0 Å². The fraction of sp³-hybridized carbons (Fsp3) is 1.00. The molecule has 3 nitrogen and oxygen atoms in total. The molecule has 0 bridgehead atoms. The number of hydrogen-bond acceptors (Lipinski definition) is 3.